The smallest absolute Gasteiger partial charge is 0.410 e. The normalized spacial score (nSPS) is 15.8. The van der Waals surface area contributed by atoms with Crippen LogP contribution in [-0.4, -0.2) is 53.8 Å². The number of carbonyl (C=O) groups is 2. The van der Waals surface area contributed by atoms with E-state index in [9.17, 15) is 9.59 Å². The molecule has 1 aromatic rings. The minimum Gasteiger partial charge on any atom is -0.461 e. The molecule has 2 N–H and O–H groups in total. The molecule has 0 saturated carbocycles. The Labute approximate surface area is 149 Å². The van der Waals surface area contributed by atoms with Crippen molar-refractivity contribution in [3.05, 3.63) is 18.0 Å². The number of piperidine rings is 1. The summed E-state index contributed by atoms with van der Waals surface area (Å²) >= 11 is 0. The number of aromatic amines is 1. The zero-order valence-electron chi connectivity index (χ0n) is 15.6. The fraction of sp³-hybridized carbons (Fsp3) is 0.667. The maximum Gasteiger partial charge on any atom is 0.410 e. The Kier molecular flexibility index (Phi) is 6.33. The van der Waals surface area contributed by atoms with Gasteiger partial charge in [-0.05, 0) is 52.5 Å². The highest BCUT2D eigenvalue weighted by atomic mass is 16.6. The molecule has 1 aliphatic heterocycles. The summed E-state index contributed by atoms with van der Waals surface area (Å²) in [6.45, 7) is 9.90. The highest BCUT2D eigenvalue weighted by Gasteiger charge is 2.27. The minimum absolute atomic E-state index is 0.242. The number of amides is 1. The van der Waals surface area contributed by atoms with Crippen molar-refractivity contribution in [1.29, 1.82) is 0 Å². The minimum atomic E-state index is -0.465. The molecule has 25 heavy (non-hydrogen) atoms. The molecule has 7 nitrogen and oxygen atoms in total. The Hall–Kier alpha value is -2.18. The van der Waals surface area contributed by atoms with Crippen molar-refractivity contribution in [3.63, 3.8) is 0 Å². The molecular weight excluding hydrogens is 322 g/mol. The van der Waals surface area contributed by atoms with Crippen LogP contribution in [0.4, 0.5) is 10.5 Å². The highest BCUT2D eigenvalue weighted by molar-refractivity contribution is 5.93. The number of nitrogens with one attached hydrogen (secondary N) is 2. The van der Waals surface area contributed by atoms with E-state index in [0.717, 1.165) is 25.1 Å². The molecule has 0 atom stereocenters. The lowest BCUT2D eigenvalue weighted by molar-refractivity contribution is 0.0187. The number of likely N-dealkylation sites (tertiary alicyclic amines) is 1. The molecule has 7 heteroatoms. The predicted octanol–water partition coefficient (Wildman–Crippen LogP) is 3.25. The van der Waals surface area contributed by atoms with E-state index in [1.54, 1.807) is 18.0 Å². The Bertz CT molecular complexity index is 583. The lowest BCUT2D eigenvalue weighted by Crippen LogP contribution is -2.42. The lowest BCUT2D eigenvalue weighted by atomic mass is 9.97. The third kappa shape index (κ3) is 5.69. The molecule has 1 amide bonds. The van der Waals surface area contributed by atoms with Gasteiger partial charge >= 0.3 is 12.1 Å². The maximum absolute atomic E-state index is 12.1. The third-order valence-electron chi connectivity index (χ3n) is 4.07. The van der Waals surface area contributed by atoms with Gasteiger partial charge in [-0.3, -0.25) is 0 Å². The molecule has 1 aromatic heterocycles. The van der Waals surface area contributed by atoms with E-state index in [1.165, 1.54) is 0 Å². The van der Waals surface area contributed by atoms with E-state index in [2.05, 4.69) is 10.3 Å². The molecule has 0 aromatic carbocycles. The number of hydrogen-bond acceptors (Lipinski definition) is 5. The Morgan fingerprint density at radius 3 is 2.60 bits per heavy atom. The van der Waals surface area contributed by atoms with Crippen LogP contribution in [-0.2, 0) is 9.47 Å². The van der Waals surface area contributed by atoms with Gasteiger partial charge in [0.05, 0.1) is 12.3 Å². The van der Waals surface area contributed by atoms with Crippen LogP contribution in [0.1, 0.15) is 51.0 Å². The van der Waals surface area contributed by atoms with Crippen molar-refractivity contribution in [1.82, 2.24) is 9.88 Å². The number of anilines is 1. The van der Waals surface area contributed by atoms with Gasteiger partial charge < -0.3 is 24.7 Å². The van der Waals surface area contributed by atoms with Gasteiger partial charge in [-0.2, -0.15) is 0 Å². The molecular formula is C18H29N3O4. The van der Waals surface area contributed by atoms with Crippen LogP contribution in [0.3, 0.4) is 0 Å². The Balaban J connectivity index is 1.79. The summed E-state index contributed by atoms with van der Waals surface area (Å²) < 4.78 is 10.4. The molecule has 0 radical (unpaired) electrons. The molecule has 2 rings (SSSR count). The summed E-state index contributed by atoms with van der Waals surface area (Å²) in [5, 5.41) is 3.32. The van der Waals surface area contributed by atoms with E-state index in [1.807, 2.05) is 26.8 Å². The number of aromatic nitrogens is 1. The average molecular weight is 351 g/mol. The first-order valence-electron chi connectivity index (χ1n) is 8.86. The molecule has 0 spiro atoms. The summed E-state index contributed by atoms with van der Waals surface area (Å²) in [7, 11) is 0. The number of nitrogens with zero attached hydrogens (tertiary/aromatic N) is 1. The van der Waals surface area contributed by atoms with E-state index < -0.39 is 5.60 Å². The molecule has 1 fully saturated rings. The second kappa shape index (κ2) is 8.27. The van der Waals surface area contributed by atoms with E-state index in [0.29, 0.717) is 31.3 Å². The molecule has 1 saturated heterocycles. The van der Waals surface area contributed by atoms with Gasteiger partial charge in [0.2, 0.25) is 0 Å². The van der Waals surface area contributed by atoms with E-state index >= 15 is 0 Å². The quantitative estimate of drug-likeness (QED) is 0.796. The number of ether oxygens (including phenoxy) is 2. The van der Waals surface area contributed by atoms with Gasteiger partial charge in [-0.15, -0.1) is 0 Å². The van der Waals surface area contributed by atoms with Crippen LogP contribution in [0.25, 0.3) is 0 Å². The van der Waals surface area contributed by atoms with Crippen molar-refractivity contribution in [2.24, 2.45) is 5.92 Å². The first kappa shape index (κ1) is 19.1. The van der Waals surface area contributed by atoms with Gasteiger partial charge in [0.1, 0.15) is 11.3 Å². The van der Waals surface area contributed by atoms with Gasteiger partial charge in [0, 0.05) is 25.8 Å². The Morgan fingerprint density at radius 1 is 1.32 bits per heavy atom. The monoisotopic (exact) mass is 351 g/mol. The van der Waals surface area contributed by atoms with Crippen molar-refractivity contribution in [2.45, 2.75) is 46.1 Å². The third-order valence-corrected chi connectivity index (χ3v) is 4.07. The van der Waals surface area contributed by atoms with Gasteiger partial charge in [-0.1, -0.05) is 0 Å². The summed E-state index contributed by atoms with van der Waals surface area (Å²) in [6.07, 6.45) is 3.30. The summed E-state index contributed by atoms with van der Waals surface area (Å²) in [5.41, 5.74) is 0.744. The summed E-state index contributed by atoms with van der Waals surface area (Å²) in [5.74, 6) is 0.0957. The van der Waals surface area contributed by atoms with Crippen LogP contribution >= 0.6 is 0 Å². The fourth-order valence-corrected chi connectivity index (χ4v) is 2.79. The molecule has 0 aliphatic carbocycles. The van der Waals surface area contributed by atoms with Crippen molar-refractivity contribution >= 4 is 17.7 Å². The Morgan fingerprint density at radius 2 is 2.00 bits per heavy atom. The predicted molar refractivity (Wildman–Crippen MR) is 95.8 cm³/mol. The number of carbonyl (C=O) groups excluding carboxylic acids is 2. The van der Waals surface area contributed by atoms with Crippen molar-refractivity contribution in [2.75, 3.05) is 31.6 Å². The fourth-order valence-electron chi connectivity index (χ4n) is 2.79. The summed E-state index contributed by atoms with van der Waals surface area (Å²) in [4.78, 5) is 28.6. The lowest BCUT2D eigenvalue weighted by Gasteiger charge is -2.33. The zero-order chi connectivity index (χ0) is 18.4. The van der Waals surface area contributed by atoms with Crippen LogP contribution in [0.2, 0.25) is 0 Å². The first-order valence-corrected chi connectivity index (χ1v) is 8.86. The first-order chi connectivity index (χ1) is 11.8. The van der Waals surface area contributed by atoms with E-state index in [-0.39, 0.29) is 12.1 Å². The van der Waals surface area contributed by atoms with Crippen molar-refractivity contribution in [3.8, 4) is 0 Å². The summed E-state index contributed by atoms with van der Waals surface area (Å²) in [6, 6.07) is 1.84. The topological polar surface area (TPSA) is 83.7 Å². The van der Waals surface area contributed by atoms with E-state index in [4.69, 9.17) is 9.47 Å². The van der Waals surface area contributed by atoms with Crippen molar-refractivity contribution < 1.29 is 19.1 Å². The highest BCUT2D eigenvalue weighted by Crippen LogP contribution is 2.22. The number of rotatable bonds is 5. The maximum atomic E-state index is 12.1. The number of esters is 1. The van der Waals surface area contributed by atoms with Crippen LogP contribution < -0.4 is 5.32 Å². The number of hydrogen-bond donors (Lipinski definition) is 2. The molecule has 140 valence electrons. The van der Waals surface area contributed by atoms with Crippen LogP contribution in [0, 0.1) is 5.92 Å². The van der Waals surface area contributed by atoms with Gasteiger partial charge in [0.15, 0.2) is 0 Å². The van der Waals surface area contributed by atoms with Gasteiger partial charge in [-0.25, -0.2) is 9.59 Å². The largest absolute Gasteiger partial charge is 0.461 e. The zero-order valence-corrected chi connectivity index (χ0v) is 15.6. The van der Waals surface area contributed by atoms with Gasteiger partial charge in [0.25, 0.3) is 0 Å². The molecule has 0 bridgehead atoms. The molecule has 0 unspecified atom stereocenters. The second-order valence-corrected chi connectivity index (χ2v) is 7.28. The number of H-pyrrole nitrogens is 1. The standard InChI is InChI=1S/C18H29N3O4/c1-5-24-16(22)15-14(6-9-19-15)20-12-13-7-10-21(11-8-13)17(23)25-18(2,3)4/h6,9,13,19-20H,5,7-8,10-12H2,1-4H3. The van der Waals surface area contributed by atoms with Crippen LogP contribution in [0.15, 0.2) is 12.3 Å². The second-order valence-electron chi connectivity index (χ2n) is 7.28. The molecule has 2 heterocycles. The SMILES string of the molecule is CCOC(=O)c1[nH]ccc1NCC1CCN(C(=O)OC(C)(C)C)CC1. The molecule has 1 aliphatic rings. The van der Waals surface area contributed by atoms with Crippen LogP contribution in [0.5, 0.6) is 0 Å². The average Bonchev–Trinajstić information content (AvgIpc) is 3.00.